The highest BCUT2D eigenvalue weighted by molar-refractivity contribution is 6.38. The van der Waals surface area contributed by atoms with Crippen LogP contribution in [0, 0.1) is 11.7 Å². The lowest BCUT2D eigenvalue weighted by atomic mass is 9.94. The Morgan fingerprint density at radius 3 is 2.52 bits per heavy atom. The molecule has 0 spiro atoms. The van der Waals surface area contributed by atoms with Crippen LogP contribution in [0.5, 0.6) is 0 Å². The van der Waals surface area contributed by atoms with E-state index in [1.807, 2.05) is 0 Å². The van der Waals surface area contributed by atoms with Gasteiger partial charge in [-0.1, -0.05) is 46.6 Å². The van der Waals surface area contributed by atoms with E-state index in [4.69, 9.17) is 28.0 Å². The van der Waals surface area contributed by atoms with E-state index in [1.165, 1.54) is 12.1 Å². The molecule has 4 rings (SSSR count). The average molecular weight is 379 g/mol. The van der Waals surface area contributed by atoms with Crippen molar-refractivity contribution in [3.05, 3.63) is 63.9 Å². The molecule has 2 aliphatic rings. The molecule has 2 heterocycles. The molecule has 1 fully saturated rings. The molecule has 25 heavy (non-hydrogen) atoms. The summed E-state index contributed by atoms with van der Waals surface area (Å²) in [6.07, 6.45) is -1.07. The van der Waals surface area contributed by atoms with Gasteiger partial charge in [0, 0.05) is 10.6 Å². The number of benzene rings is 2. The first-order valence-corrected chi connectivity index (χ1v) is 8.06. The summed E-state index contributed by atoms with van der Waals surface area (Å²) in [7, 11) is 0. The summed E-state index contributed by atoms with van der Waals surface area (Å²) in [4.78, 5) is 31.6. The van der Waals surface area contributed by atoms with Crippen molar-refractivity contribution in [3.63, 3.8) is 0 Å². The van der Waals surface area contributed by atoms with Crippen LogP contribution in [0.15, 0.2) is 47.6 Å². The van der Waals surface area contributed by atoms with Crippen molar-refractivity contribution in [2.75, 3.05) is 4.90 Å². The number of anilines is 1. The third-order valence-electron chi connectivity index (χ3n) is 4.12. The van der Waals surface area contributed by atoms with Crippen molar-refractivity contribution >= 4 is 46.4 Å². The first-order chi connectivity index (χ1) is 12.0. The third kappa shape index (κ3) is 2.41. The third-order valence-corrected chi connectivity index (χ3v) is 4.74. The number of hydrogen-bond acceptors (Lipinski definition) is 4. The van der Waals surface area contributed by atoms with Gasteiger partial charge in [0.15, 0.2) is 0 Å². The predicted octanol–water partition coefficient (Wildman–Crippen LogP) is 3.43. The molecule has 8 heteroatoms. The van der Waals surface area contributed by atoms with E-state index in [2.05, 4.69) is 5.16 Å². The minimum atomic E-state index is -1.07. The Hall–Kier alpha value is -2.44. The molecule has 5 nitrogen and oxygen atoms in total. The molecule has 2 aliphatic heterocycles. The van der Waals surface area contributed by atoms with Crippen molar-refractivity contribution < 1.29 is 18.8 Å². The maximum Gasteiger partial charge on any atom is 0.278 e. The molecule has 0 radical (unpaired) electrons. The molecule has 0 N–H and O–H groups in total. The van der Waals surface area contributed by atoms with Gasteiger partial charge in [0.25, 0.3) is 5.91 Å². The minimum Gasteiger partial charge on any atom is -0.381 e. The Morgan fingerprint density at radius 2 is 1.80 bits per heavy atom. The Kier molecular flexibility index (Phi) is 3.74. The van der Waals surface area contributed by atoms with Gasteiger partial charge in [-0.3, -0.25) is 9.59 Å². The molecular formula is C17H9Cl2FN2O3. The summed E-state index contributed by atoms with van der Waals surface area (Å²) in [5, 5.41) is 4.10. The van der Waals surface area contributed by atoms with Gasteiger partial charge in [-0.15, -0.1) is 0 Å². The highest BCUT2D eigenvalue weighted by Gasteiger charge is 2.56. The van der Waals surface area contributed by atoms with Gasteiger partial charge in [-0.2, -0.15) is 0 Å². The zero-order valence-corrected chi connectivity index (χ0v) is 14.0. The molecule has 0 aromatic heterocycles. The van der Waals surface area contributed by atoms with Crippen LogP contribution in [0.4, 0.5) is 10.1 Å². The molecule has 2 amide bonds. The van der Waals surface area contributed by atoms with Crippen LogP contribution in [-0.4, -0.2) is 23.6 Å². The SMILES string of the molecule is O=C1[C@@H]2C(c3ccccc3Cl)=NO[C@@H]2C(=O)N1c1ccc(F)c(Cl)c1. The number of amides is 2. The molecule has 0 aliphatic carbocycles. The number of oxime groups is 1. The zero-order valence-electron chi connectivity index (χ0n) is 12.4. The summed E-state index contributed by atoms with van der Waals surface area (Å²) in [6, 6.07) is 10.5. The molecule has 0 bridgehead atoms. The molecule has 2 atom stereocenters. The second-order valence-corrected chi connectivity index (χ2v) is 6.38. The van der Waals surface area contributed by atoms with Gasteiger partial charge in [0.1, 0.15) is 17.4 Å². The lowest BCUT2D eigenvalue weighted by Crippen LogP contribution is -2.33. The molecule has 0 unspecified atom stereocenters. The minimum absolute atomic E-state index is 0.179. The quantitative estimate of drug-likeness (QED) is 0.752. The Balaban J connectivity index is 1.74. The van der Waals surface area contributed by atoms with Crippen LogP contribution in [0.2, 0.25) is 10.0 Å². The topological polar surface area (TPSA) is 59.0 Å². The number of carbonyl (C=O) groups is 2. The van der Waals surface area contributed by atoms with E-state index >= 15 is 0 Å². The maximum absolute atomic E-state index is 13.4. The fraction of sp³-hybridized carbons (Fsp3) is 0.118. The van der Waals surface area contributed by atoms with E-state index in [1.54, 1.807) is 24.3 Å². The smallest absolute Gasteiger partial charge is 0.278 e. The van der Waals surface area contributed by atoms with Gasteiger partial charge < -0.3 is 4.84 Å². The first-order valence-electron chi connectivity index (χ1n) is 7.30. The summed E-state index contributed by atoms with van der Waals surface area (Å²) < 4.78 is 13.4. The van der Waals surface area contributed by atoms with E-state index in [-0.39, 0.29) is 10.7 Å². The number of carbonyl (C=O) groups excluding carboxylic acids is 2. The average Bonchev–Trinajstić information content (AvgIpc) is 3.12. The highest BCUT2D eigenvalue weighted by atomic mass is 35.5. The standard InChI is InChI=1S/C17H9Cl2FN2O3/c18-10-4-2-1-3-9(10)14-13-15(25-21-14)17(24)22(16(13)23)8-5-6-12(20)11(19)7-8/h1-7,13,15H/t13-,15+/m1/s1. The number of nitrogens with zero attached hydrogens (tertiary/aromatic N) is 2. The summed E-state index contributed by atoms with van der Waals surface area (Å²) in [6.45, 7) is 0. The Labute approximate surface area is 151 Å². The normalized spacial score (nSPS) is 22.0. The van der Waals surface area contributed by atoms with Crippen LogP contribution in [-0.2, 0) is 14.4 Å². The predicted molar refractivity (Wildman–Crippen MR) is 90.3 cm³/mol. The number of hydrogen-bond donors (Lipinski definition) is 0. The summed E-state index contributed by atoms with van der Waals surface area (Å²) in [5.41, 5.74) is 0.999. The van der Waals surface area contributed by atoms with Crippen LogP contribution >= 0.6 is 23.2 Å². The maximum atomic E-state index is 13.4. The van der Waals surface area contributed by atoms with Crippen molar-refractivity contribution in [1.29, 1.82) is 0 Å². The van der Waals surface area contributed by atoms with Gasteiger partial charge in [0.2, 0.25) is 12.0 Å². The van der Waals surface area contributed by atoms with E-state index in [0.29, 0.717) is 16.3 Å². The molecule has 2 aromatic rings. The molecule has 0 saturated carbocycles. The van der Waals surface area contributed by atoms with Crippen molar-refractivity contribution in [3.8, 4) is 0 Å². The van der Waals surface area contributed by atoms with Gasteiger partial charge in [-0.05, 0) is 24.3 Å². The number of halogens is 3. The van der Waals surface area contributed by atoms with Crippen LogP contribution in [0.3, 0.4) is 0 Å². The van der Waals surface area contributed by atoms with E-state index < -0.39 is 29.7 Å². The highest BCUT2D eigenvalue weighted by Crippen LogP contribution is 2.37. The lowest BCUT2D eigenvalue weighted by Gasteiger charge is -2.16. The van der Waals surface area contributed by atoms with Crippen molar-refractivity contribution in [2.45, 2.75) is 6.10 Å². The number of fused-ring (bicyclic) bond motifs is 1. The summed E-state index contributed by atoms with van der Waals surface area (Å²) >= 11 is 11.9. The van der Waals surface area contributed by atoms with Crippen LogP contribution in [0.1, 0.15) is 5.56 Å². The van der Waals surface area contributed by atoms with Crippen LogP contribution in [0.25, 0.3) is 0 Å². The molecular weight excluding hydrogens is 370 g/mol. The molecule has 1 saturated heterocycles. The monoisotopic (exact) mass is 378 g/mol. The largest absolute Gasteiger partial charge is 0.381 e. The Bertz CT molecular complexity index is 947. The number of rotatable bonds is 2. The van der Waals surface area contributed by atoms with Crippen molar-refractivity contribution in [1.82, 2.24) is 0 Å². The molecule has 2 aromatic carbocycles. The first kappa shape index (κ1) is 16.1. The second-order valence-electron chi connectivity index (χ2n) is 5.57. The zero-order chi connectivity index (χ0) is 17.7. The summed E-state index contributed by atoms with van der Waals surface area (Å²) in [5.74, 6) is -2.65. The van der Waals surface area contributed by atoms with E-state index in [9.17, 15) is 14.0 Å². The fourth-order valence-corrected chi connectivity index (χ4v) is 3.36. The fourth-order valence-electron chi connectivity index (χ4n) is 2.95. The molecule has 126 valence electrons. The lowest BCUT2D eigenvalue weighted by molar-refractivity contribution is -0.126. The van der Waals surface area contributed by atoms with Gasteiger partial charge >= 0.3 is 0 Å². The van der Waals surface area contributed by atoms with Crippen molar-refractivity contribution in [2.24, 2.45) is 11.1 Å². The Morgan fingerprint density at radius 1 is 1.04 bits per heavy atom. The van der Waals surface area contributed by atoms with Gasteiger partial charge in [0.05, 0.1) is 10.7 Å². The van der Waals surface area contributed by atoms with Gasteiger partial charge in [-0.25, -0.2) is 9.29 Å². The van der Waals surface area contributed by atoms with E-state index in [0.717, 1.165) is 11.0 Å². The van der Waals surface area contributed by atoms with Crippen LogP contribution < -0.4 is 4.90 Å². The second kappa shape index (κ2) is 5.82. The number of imide groups is 1.